The molecule has 4 rings (SSSR count). The Bertz CT molecular complexity index is 868. The molecule has 1 aromatic heterocycles. The fraction of sp³-hybridized carbons (Fsp3) is 0.591. The highest BCUT2D eigenvalue weighted by Crippen LogP contribution is 2.30. The van der Waals surface area contributed by atoms with Gasteiger partial charge in [0.25, 0.3) is 5.91 Å². The summed E-state index contributed by atoms with van der Waals surface area (Å²) in [5, 5.41) is 15.0. The molecule has 156 valence electrons. The monoisotopic (exact) mass is 396 g/mol. The molecule has 0 saturated carbocycles. The van der Waals surface area contributed by atoms with Gasteiger partial charge in [0, 0.05) is 18.8 Å². The van der Waals surface area contributed by atoms with E-state index in [0.29, 0.717) is 17.7 Å². The number of piperidine rings is 1. The van der Waals surface area contributed by atoms with Gasteiger partial charge in [-0.25, -0.2) is 4.68 Å². The van der Waals surface area contributed by atoms with E-state index in [0.717, 1.165) is 56.9 Å². The topological polar surface area (TPSA) is 75.1 Å². The average molecular weight is 397 g/mol. The molecule has 2 aliphatic rings. The van der Waals surface area contributed by atoms with Crippen molar-refractivity contribution < 1.29 is 4.79 Å². The summed E-state index contributed by atoms with van der Waals surface area (Å²) in [4.78, 5) is 15.4. The Labute approximate surface area is 172 Å². The van der Waals surface area contributed by atoms with Crippen LogP contribution in [0.1, 0.15) is 66.5 Å². The summed E-state index contributed by atoms with van der Waals surface area (Å²) in [5.74, 6) is 0.528. The number of aromatic nitrogens is 3. The number of fused-ring (bicyclic) bond motifs is 1. The molecule has 1 fully saturated rings. The number of amides is 1. The fourth-order valence-corrected chi connectivity index (χ4v) is 4.34. The first-order valence-electron chi connectivity index (χ1n) is 10.8. The molecule has 7 nitrogen and oxygen atoms in total. The van der Waals surface area contributed by atoms with E-state index in [-0.39, 0.29) is 5.91 Å². The van der Waals surface area contributed by atoms with Crippen LogP contribution in [-0.4, -0.2) is 45.4 Å². The number of carbonyl (C=O) groups is 1. The maximum Gasteiger partial charge on any atom is 0.278 e. The van der Waals surface area contributed by atoms with Crippen LogP contribution < -0.4 is 10.6 Å². The van der Waals surface area contributed by atoms with E-state index in [1.165, 1.54) is 17.5 Å². The number of benzene rings is 1. The summed E-state index contributed by atoms with van der Waals surface area (Å²) in [7, 11) is 0. The second kappa shape index (κ2) is 8.63. The van der Waals surface area contributed by atoms with E-state index in [9.17, 15) is 4.79 Å². The molecule has 3 heterocycles. The minimum absolute atomic E-state index is 0.170. The highest BCUT2D eigenvalue weighted by atomic mass is 16.2. The van der Waals surface area contributed by atoms with Gasteiger partial charge in [-0.15, -0.1) is 5.10 Å². The van der Waals surface area contributed by atoms with Crippen LogP contribution in [-0.2, 0) is 13.1 Å². The van der Waals surface area contributed by atoms with Gasteiger partial charge in [-0.1, -0.05) is 31.2 Å². The van der Waals surface area contributed by atoms with Gasteiger partial charge >= 0.3 is 0 Å². The van der Waals surface area contributed by atoms with Crippen LogP contribution in [0.4, 0.5) is 5.69 Å². The molecular weight excluding hydrogens is 364 g/mol. The average Bonchev–Trinajstić information content (AvgIpc) is 3.31. The summed E-state index contributed by atoms with van der Waals surface area (Å²) in [5.41, 5.74) is 4.71. The second-order valence-electron chi connectivity index (χ2n) is 8.74. The Balaban J connectivity index is 1.47. The van der Waals surface area contributed by atoms with E-state index >= 15 is 0 Å². The van der Waals surface area contributed by atoms with Crippen LogP contribution in [0.25, 0.3) is 0 Å². The zero-order valence-corrected chi connectivity index (χ0v) is 17.7. The first-order valence-corrected chi connectivity index (χ1v) is 10.8. The molecule has 2 N–H and O–H groups in total. The van der Waals surface area contributed by atoms with Crippen molar-refractivity contribution in [2.24, 2.45) is 5.92 Å². The second-order valence-corrected chi connectivity index (χ2v) is 8.74. The molecule has 0 unspecified atom stereocenters. The maximum atomic E-state index is 13.0. The maximum absolute atomic E-state index is 13.0. The fourth-order valence-electron chi connectivity index (χ4n) is 4.34. The van der Waals surface area contributed by atoms with Crippen molar-refractivity contribution in [2.45, 2.75) is 59.2 Å². The van der Waals surface area contributed by atoms with Crippen LogP contribution in [0.5, 0.6) is 0 Å². The number of rotatable bonds is 6. The highest BCUT2D eigenvalue weighted by Gasteiger charge is 2.25. The zero-order chi connectivity index (χ0) is 20.4. The lowest BCUT2D eigenvalue weighted by molar-refractivity contribution is 0.102. The normalized spacial score (nSPS) is 17.7. The smallest absolute Gasteiger partial charge is 0.278 e. The summed E-state index contributed by atoms with van der Waals surface area (Å²) in [6, 6.07) is 6.51. The van der Waals surface area contributed by atoms with E-state index in [1.54, 1.807) is 0 Å². The van der Waals surface area contributed by atoms with Crippen LogP contribution in [0.15, 0.2) is 18.2 Å². The van der Waals surface area contributed by atoms with Gasteiger partial charge in [-0.2, -0.15) is 0 Å². The van der Waals surface area contributed by atoms with Crippen molar-refractivity contribution in [1.29, 1.82) is 0 Å². The van der Waals surface area contributed by atoms with Crippen molar-refractivity contribution in [3.8, 4) is 0 Å². The van der Waals surface area contributed by atoms with Gasteiger partial charge < -0.3 is 10.6 Å². The standard InChI is InChI=1S/C22H32N6O/c1-15(2)9-12-27-13-17-5-4-6-20(19(17)14-27)24-22(29)21-16(3)28(26-25-21)18-7-10-23-11-8-18/h4-6,15,18,23H,7-14H2,1-3H3,(H,24,29). The van der Waals surface area contributed by atoms with Crippen LogP contribution in [0, 0.1) is 12.8 Å². The predicted molar refractivity (Wildman–Crippen MR) is 114 cm³/mol. The lowest BCUT2D eigenvalue weighted by Crippen LogP contribution is -2.30. The van der Waals surface area contributed by atoms with E-state index in [4.69, 9.17) is 0 Å². The van der Waals surface area contributed by atoms with Crippen LogP contribution in [0.3, 0.4) is 0 Å². The lowest BCUT2D eigenvalue weighted by Gasteiger charge is -2.23. The van der Waals surface area contributed by atoms with Crippen molar-refractivity contribution in [3.05, 3.63) is 40.7 Å². The van der Waals surface area contributed by atoms with Crippen LogP contribution in [0.2, 0.25) is 0 Å². The molecule has 0 bridgehead atoms. The first-order chi connectivity index (χ1) is 14.0. The largest absolute Gasteiger partial charge is 0.320 e. The Hall–Kier alpha value is -2.25. The Morgan fingerprint density at radius 2 is 2.07 bits per heavy atom. The lowest BCUT2D eigenvalue weighted by atomic mass is 10.1. The van der Waals surface area contributed by atoms with Gasteiger partial charge in [0.15, 0.2) is 5.69 Å². The predicted octanol–water partition coefficient (Wildman–Crippen LogP) is 3.13. The van der Waals surface area contributed by atoms with Gasteiger partial charge in [-0.05, 0) is 68.9 Å². The summed E-state index contributed by atoms with van der Waals surface area (Å²) in [6.07, 6.45) is 3.22. The van der Waals surface area contributed by atoms with E-state index in [2.05, 4.69) is 45.8 Å². The number of anilines is 1. The number of carbonyl (C=O) groups excluding carboxylic acids is 1. The Morgan fingerprint density at radius 1 is 1.28 bits per heavy atom. The minimum Gasteiger partial charge on any atom is -0.320 e. The molecule has 1 saturated heterocycles. The molecule has 0 atom stereocenters. The molecule has 2 aromatic rings. The zero-order valence-electron chi connectivity index (χ0n) is 17.7. The Morgan fingerprint density at radius 3 is 2.83 bits per heavy atom. The van der Waals surface area contributed by atoms with Gasteiger partial charge in [0.2, 0.25) is 0 Å². The summed E-state index contributed by atoms with van der Waals surface area (Å²) >= 11 is 0. The SMILES string of the molecule is Cc1c(C(=O)Nc2cccc3c2CN(CCC(C)C)C3)nnn1C1CCNCC1. The van der Waals surface area contributed by atoms with Gasteiger partial charge in [0.1, 0.15) is 0 Å². The minimum atomic E-state index is -0.170. The highest BCUT2D eigenvalue weighted by molar-refractivity contribution is 6.04. The molecule has 29 heavy (non-hydrogen) atoms. The Kier molecular flexibility index (Phi) is 5.96. The van der Waals surface area contributed by atoms with Crippen molar-refractivity contribution in [3.63, 3.8) is 0 Å². The van der Waals surface area contributed by atoms with Crippen molar-refractivity contribution in [2.75, 3.05) is 25.0 Å². The molecule has 0 aliphatic carbocycles. The summed E-state index contributed by atoms with van der Waals surface area (Å²) < 4.78 is 1.93. The number of nitrogens with zero attached hydrogens (tertiary/aromatic N) is 4. The molecular formula is C22H32N6O. The number of hydrogen-bond acceptors (Lipinski definition) is 5. The van der Waals surface area contributed by atoms with Gasteiger partial charge in [-0.3, -0.25) is 9.69 Å². The number of nitrogens with one attached hydrogen (secondary N) is 2. The first kappa shape index (κ1) is 20.0. The van der Waals surface area contributed by atoms with Crippen molar-refractivity contribution >= 4 is 11.6 Å². The number of hydrogen-bond donors (Lipinski definition) is 2. The third kappa shape index (κ3) is 4.36. The third-order valence-electron chi connectivity index (χ3n) is 6.12. The molecule has 1 amide bonds. The molecule has 2 aliphatic heterocycles. The van der Waals surface area contributed by atoms with Crippen LogP contribution >= 0.6 is 0 Å². The third-order valence-corrected chi connectivity index (χ3v) is 6.12. The summed E-state index contributed by atoms with van der Waals surface area (Å²) in [6.45, 7) is 11.4. The molecule has 7 heteroatoms. The molecule has 1 aromatic carbocycles. The molecule has 0 radical (unpaired) electrons. The van der Waals surface area contributed by atoms with Gasteiger partial charge in [0.05, 0.1) is 11.7 Å². The quantitative estimate of drug-likeness (QED) is 0.785. The molecule has 0 spiro atoms. The van der Waals surface area contributed by atoms with E-state index < -0.39 is 0 Å². The van der Waals surface area contributed by atoms with Crippen molar-refractivity contribution in [1.82, 2.24) is 25.2 Å². The van der Waals surface area contributed by atoms with E-state index in [1.807, 2.05) is 23.7 Å².